The molecule has 1 amide bonds. The number of nitrogens with zero attached hydrogens (tertiary/aromatic N) is 2. The number of hydrogen-bond donors (Lipinski definition) is 1. The van der Waals surface area contributed by atoms with Crippen molar-refractivity contribution < 1.29 is 28.3 Å². The lowest BCUT2D eigenvalue weighted by atomic mass is 10.1. The highest BCUT2D eigenvalue weighted by molar-refractivity contribution is 6.02. The Balaban J connectivity index is 1.49. The third kappa shape index (κ3) is 5.62. The molecule has 1 N–H and O–H groups in total. The molecule has 3 aromatic rings. The number of rotatable bonds is 9. The van der Waals surface area contributed by atoms with Gasteiger partial charge in [0.25, 0.3) is 5.89 Å². The fraction of sp³-hybridized carbons (Fsp3) is 0.385. The molecular formula is C26H29N3O6. The van der Waals surface area contributed by atoms with Crippen LogP contribution in [0.25, 0.3) is 11.4 Å². The number of carbonyl (C=O) groups is 2. The minimum Gasteiger partial charge on any atom is -0.493 e. The van der Waals surface area contributed by atoms with Crippen molar-refractivity contribution in [2.24, 2.45) is 5.92 Å². The molecule has 1 aliphatic rings. The van der Waals surface area contributed by atoms with Gasteiger partial charge >= 0.3 is 5.97 Å². The van der Waals surface area contributed by atoms with Gasteiger partial charge in [0.15, 0.2) is 18.1 Å². The number of ether oxygens (including phenoxy) is 3. The normalized spacial score (nSPS) is 13.5. The lowest BCUT2D eigenvalue weighted by molar-refractivity contribution is -0.119. The molecule has 1 aliphatic carbocycles. The summed E-state index contributed by atoms with van der Waals surface area (Å²) >= 11 is 0. The lowest BCUT2D eigenvalue weighted by Crippen LogP contribution is -2.22. The van der Waals surface area contributed by atoms with E-state index in [9.17, 15) is 9.59 Å². The first-order valence-corrected chi connectivity index (χ1v) is 11.7. The first-order valence-electron chi connectivity index (χ1n) is 11.7. The number of aromatic nitrogens is 2. The Morgan fingerprint density at radius 2 is 1.74 bits per heavy atom. The van der Waals surface area contributed by atoms with E-state index in [1.165, 1.54) is 25.8 Å². The number of nitrogens with one attached hydrogen (secondary N) is 1. The van der Waals surface area contributed by atoms with Crippen LogP contribution in [0.15, 0.2) is 40.9 Å². The van der Waals surface area contributed by atoms with E-state index in [0.29, 0.717) is 23.0 Å². The van der Waals surface area contributed by atoms with Crippen molar-refractivity contribution in [2.75, 3.05) is 19.5 Å². The molecule has 0 spiro atoms. The van der Waals surface area contributed by atoms with Gasteiger partial charge in [0, 0.05) is 23.6 Å². The molecular weight excluding hydrogens is 450 g/mol. The number of anilines is 1. The SMILES string of the molecule is CCc1ccc(-c2noc(COC(=O)c3cc(OC)c(OC)cc3NC(=O)C3CCCC3)n2)cc1. The van der Waals surface area contributed by atoms with Crippen LogP contribution in [0.4, 0.5) is 5.69 Å². The van der Waals surface area contributed by atoms with Crippen LogP contribution in [0.5, 0.6) is 11.5 Å². The molecule has 0 aliphatic heterocycles. The summed E-state index contributed by atoms with van der Waals surface area (Å²) in [7, 11) is 2.96. The summed E-state index contributed by atoms with van der Waals surface area (Å²) in [5.74, 6) is 0.434. The van der Waals surface area contributed by atoms with Gasteiger partial charge in [-0.25, -0.2) is 4.79 Å². The summed E-state index contributed by atoms with van der Waals surface area (Å²) in [6.45, 7) is 1.86. The van der Waals surface area contributed by atoms with Gasteiger partial charge in [-0.1, -0.05) is 49.2 Å². The maximum atomic E-state index is 13.0. The number of hydrogen-bond acceptors (Lipinski definition) is 8. The predicted octanol–water partition coefficient (Wildman–Crippen LogP) is 4.80. The summed E-state index contributed by atoms with van der Waals surface area (Å²) in [6.07, 6.45) is 4.65. The lowest BCUT2D eigenvalue weighted by Gasteiger charge is -2.16. The van der Waals surface area contributed by atoms with Gasteiger partial charge in [0.2, 0.25) is 11.7 Å². The molecule has 0 unspecified atom stereocenters. The number of benzene rings is 2. The fourth-order valence-corrected chi connectivity index (χ4v) is 4.10. The van der Waals surface area contributed by atoms with Crippen LogP contribution in [-0.4, -0.2) is 36.2 Å². The van der Waals surface area contributed by atoms with Gasteiger partial charge in [-0.3, -0.25) is 4.79 Å². The van der Waals surface area contributed by atoms with Crippen molar-refractivity contribution in [3.05, 3.63) is 53.4 Å². The molecule has 4 rings (SSSR count). The Bertz CT molecular complexity index is 1180. The maximum Gasteiger partial charge on any atom is 0.340 e. The molecule has 35 heavy (non-hydrogen) atoms. The minimum atomic E-state index is -0.667. The van der Waals surface area contributed by atoms with Crippen LogP contribution in [0.2, 0.25) is 0 Å². The van der Waals surface area contributed by atoms with Crippen LogP contribution < -0.4 is 14.8 Å². The number of esters is 1. The highest BCUT2D eigenvalue weighted by atomic mass is 16.6. The van der Waals surface area contributed by atoms with E-state index in [1.807, 2.05) is 24.3 Å². The smallest absolute Gasteiger partial charge is 0.340 e. The number of amides is 1. The van der Waals surface area contributed by atoms with Gasteiger partial charge in [0.1, 0.15) is 0 Å². The van der Waals surface area contributed by atoms with Crippen LogP contribution in [-0.2, 0) is 22.6 Å². The Hall–Kier alpha value is -3.88. The molecule has 0 radical (unpaired) electrons. The third-order valence-electron chi connectivity index (χ3n) is 6.14. The Kier molecular flexibility index (Phi) is 7.64. The maximum absolute atomic E-state index is 13.0. The van der Waals surface area contributed by atoms with E-state index < -0.39 is 5.97 Å². The average Bonchev–Trinajstić information content (AvgIpc) is 3.60. The Morgan fingerprint density at radius 1 is 1.06 bits per heavy atom. The van der Waals surface area contributed by atoms with E-state index in [2.05, 4.69) is 22.4 Å². The first kappa shape index (κ1) is 24.3. The van der Waals surface area contributed by atoms with E-state index in [0.717, 1.165) is 37.7 Å². The molecule has 1 heterocycles. The van der Waals surface area contributed by atoms with E-state index in [1.54, 1.807) is 6.07 Å². The Morgan fingerprint density at radius 3 is 2.40 bits per heavy atom. The predicted molar refractivity (Wildman–Crippen MR) is 128 cm³/mol. The molecule has 0 atom stereocenters. The molecule has 0 bridgehead atoms. The van der Waals surface area contributed by atoms with Crippen LogP contribution in [0.1, 0.15) is 54.4 Å². The van der Waals surface area contributed by atoms with Gasteiger partial charge in [0.05, 0.1) is 25.5 Å². The summed E-state index contributed by atoms with van der Waals surface area (Å²) in [6, 6.07) is 10.9. The second kappa shape index (κ2) is 11.0. The summed E-state index contributed by atoms with van der Waals surface area (Å²) in [4.78, 5) is 30.0. The first-order chi connectivity index (χ1) is 17.0. The molecule has 1 aromatic heterocycles. The van der Waals surface area contributed by atoms with Crippen LogP contribution >= 0.6 is 0 Å². The zero-order chi connectivity index (χ0) is 24.8. The molecule has 2 aromatic carbocycles. The highest BCUT2D eigenvalue weighted by Gasteiger charge is 2.26. The van der Waals surface area contributed by atoms with Crippen molar-refractivity contribution >= 4 is 17.6 Å². The standard InChI is InChI=1S/C26H29N3O6/c1-4-16-9-11-17(12-10-16)24-28-23(35-29-24)15-34-26(31)19-13-21(32-2)22(33-3)14-20(19)27-25(30)18-7-5-6-8-18/h9-14,18H,4-8,15H2,1-3H3,(H,27,30). The number of carbonyl (C=O) groups excluding carboxylic acids is 2. The van der Waals surface area contributed by atoms with Gasteiger partial charge in [-0.2, -0.15) is 4.98 Å². The zero-order valence-corrected chi connectivity index (χ0v) is 20.1. The minimum absolute atomic E-state index is 0.0739. The summed E-state index contributed by atoms with van der Waals surface area (Å²) in [5, 5.41) is 6.84. The topological polar surface area (TPSA) is 113 Å². The van der Waals surface area contributed by atoms with Gasteiger partial charge in [-0.15, -0.1) is 0 Å². The monoisotopic (exact) mass is 479 g/mol. The summed E-state index contributed by atoms with van der Waals surface area (Å²) < 4.78 is 21.4. The molecule has 1 fully saturated rings. The summed E-state index contributed by atoms with van der Waals surface area (Å²) in [5.41, 5.74) is 2.45. The zero-order valence-electron chi connectivity index (χ0n) is 20.1. The van der Waals surface area contributed by atoms with Gasteiger partial charge < -0.3 is 24.1 Å². The van der Waals surface area contributed by atoms with Crippen molar-refractivity contribution in [1.29, 1.82) is 0 Å². The Labute approximate surface area is 203 Å². The quantitative estimate of drug-likeness (QED) is 0.436. The third-order valence-corrected chi connectivity index (χ3v) is 6.14. The largest absolute Gasteiger partial charge is 0.493 e. The van der Waals surface area contributed by atoms with Crippen molar-refractivity contribution in [2.45, 2.75) is 45.6 Å². The molecule has 9 heteroatoms. The van der Waals surface area contributed by atoms with Gasteiger partial charge in [-0.05, 0) is 24.8 Å². The number of methoxy groups -OCH3 is 2. The van der Waals surface area contributed by atoms with Crippen LogP contribution in [0.3, 0.4) is 0 Å². The molecule has 184 valence electrons. The van der Waals surface area contributed by atoms with E-state index >= 15 is 0 Å². The molecule has 0 saturated heterocycles. The van der Waals surface area contributed by atoms with E-state index in [4.69, 9.17) is 18.7 Å². The van der Waals surface area contributed by atoms with Crippen molar-refractivity contribution in [3.63, 3.8) is 0 Å². The fourth-order valence-electron chi connectivity index (χ4n) is 4.10. The van der Waals surface area contributed by atoms with Crippen molar-refractivity contribution in [1.82, 2.24) is 10.1 Å². The number of aryl methyl sites for hydroxylation is 1. The highest BCUT2D eigenvalue weighted by Crippen LogP contribution is 2.35. The van der Waals surface area contributed by atoms with Crippen molar-refractivity contribution in [3.8, 4) is 22.9 Å². The second-order valence-corrected chi connectivity index (χ2v) is 8.36. The molecule has 1 saturated carbocycles. The van der Waals surface area contributed by atoms with E-state index in [-0.39, 0.29) is 29.9 Å². The van der Waals surface area contributed by atoms with Crippen LogP contribution in [0, 0.1) is 5.92 Å². The second-order valence-electron chi connectivity index (χ2n) is 8.36. The average molecular weight is 480 g/mol. The molecule has 9 nitrogen and oxygen atoms in total.